The normalized spacial score (nSPS) is 11.0. The molecule has 1 N–H and O–H groups in total. The van der Waals surface area contributed by atoms with Gasteiger partial charge in [-0.1, -0.05) is 23.2 Å². The first-order chi connectivity index (χ1) is 13.6. The van der Waals surface area contributed by atoms with Gasteiger partial charge in [0, 0.05) is 0 Å². The number of nitrogens with zero attached hydrogens (tertiary/aromatic N) is 6. The van der Waals surface area contributed by atoms with Gasteiger partial charge in [-0.05, 0) is 28.1 Å². The molecule has 0 unspecified atom stereocenters. The zero-order chi connectivity index (χ0) is 21.5. The largest absolute Gasteiger partial charge is 0.416 e. The Bertz CT molecular complexity index is 1220. The van der Waals surface area contributed by atoms with E-state index in [1.807, 2.05) is 6.07 Å². The molecule has 13 heteroatoms. The van der Waals surface area contributed by atoms with Crippen molar-refractivity contribution in [2.75, 3.05) is 0 Å². The van der Waals surface area contributed by atoms with E-state index in [-0.39, 0.29) is 48.8 Å². The molecule has 3 aromatic rings. The molecule has 3 rings (SSSR count). The maximum Gasteiger partial charge on any atom is 0.416 e. The number of rotatable bonds is 2. The number of nitriles is 3. The molecular weight excluding hydrogens is 498 g/mol. The van der Waals surface area contributed by atoms with E-state index in [2.05, 4.69) is 31.0 Å². The highest BCUT2D eigenvalue weighted by Gasteiger charge is 2.33. The summed E-state index contributed by atoms with van der Waals surface area (Å²) < 4.78 is 39.9. The van der Waals surface area contributed by atoms with E-state index in [1.54, 1.807) is 12.1 Å². The van der Waals surface area contributed by atoms with Crippen molar-refractivity contribution in [3.63, 3.8) is 0 Å². The molecule has 1 aromatic carbocycles. The lowest BCUT2D eigenvalue weighted by molar-refractivity contribution is -0.137. The van der Waals surface area contributed by atoms with Gasteiger partial charge in [-0.25, -0.2) is 9.67 Å². The van der Waals surface area contributed by atoms with E-state index in [1.165, 1.54) is 0 Å². The van der Waals surface area contributed by atoms with E-state index in [0.717, 1.165) is 4.68 Å². The fourth-order valence-electron chi connectivity index (χ4n) is 2.39. The molecule has 0 saturated heterocycles. The molecule has 29 heavy (non-hydrogen) atoms. The van der Waals surface area contributed by atoms with Gasteiger partial charge in [0.25, 0.3) is 0 Å². The first-order valence-electron chi connectivity index (χ1n) is 7.28. The summed E-state index contributed by atoms with van der Waals surface area (Å²) in [5, 5.41) is 31.0. The van der Waals surface area contributed by atoms with Gasteiger partial charge < -0.3 is 4.98 Å². The van der Waals surface area contributed by atoms with Crippen molar-refractivity contribution in [2.24, 2.45) is 0 Å². The van der Waals surface area contributed by atoms with Crippen LogP contribution in [0.5, 0.6) is 0 Å². The number of aromatic nitrogens is 4. The third kappa shape index (κ3) is 3.54. The van der Waals surface area contributed by atoms with Crippen molar-refractivity contribution < 1.29 is 13.2 Å². The fourth-order valence-corrected chi connectivity index (χ4v) is 3.57. The summed E-state index contributed by atoms with van der Waals surface area (Å²) in [7, 11) is 0. The number of H-pyrrole nitrogens is 1. The molecule has 0 atom stereocenters. The maximum absolute atomic E-state index is 13.0. The van der Waals surface area contributed by atoms with Gasteiger partial charge in [-0.15, -0.1) is 0 Å². The predicted octanol–water partition coefficient (Wildman–Crippen LogP) is 4.97. The number of aromatic amines is 1. The lowest BCUT2D eigenvalue weighted by Crippen LogP contribution is -2.07. The SMILES string of the molecule is N#Cc1nc(-c2nn(-c3c(Cl)cc(C(F)(F)F)cc3Cl)c(Br)c2C#N)[nH]c1C#N. The van der Waals surface area contributed by atoms with Crippen LogP contribution in [0.25, 0.3) is 17.2 Å². The third-order valence-corrected chi connectivity index (χ3v) is 4.95. The molecule has 0 radical (unpaired) electrons. The molecule has 0 aliphatic rings. The highest BCUT2D eigenvalue weighted by molar-refractivity contribution is 9.10. The molecule has 0 aliphatic carbocycles. The quantitative estimate of drug-likeness (QED) is 0.533. The van der Waals surface area contributed by atoms with Gasteiger partial charge in [0.2, 0.25) is 0 Å². The first-order valence-corrected chi connectivity index (χ1v) is 8.83. The standard InChI is InChI=1S/C16H3BrCl2F3N7/c17-14-7(3-23)12(15-26-10(4-24)11(5-25)27-15)28-29(14)13-8(18)1-6(2-9(13)19)16(20,21)22/h1-2H,(H,26,27). The van der Waals surface area contributed by atoms with Crippen LogP contribution >= 0.6 is 39.1 Å². The molecule has 0 amide bonds. The minimum atomic E-state index is -4.66. The molecule has 7 nitrogen and oxygen atoms in total. The van der Waals surface area contributed by atoms with Crippen molar-refractivity contribution in [1.29, 1.82) is 15.8 Å². The van der Waals surface area contributed by atoms with Crippen LogP contribution in [0.15, 0.2) is 16.7 Å². The minimum Gasteiger partial charge on any atom is -0.327 e. The van der Waals surface area contributed by atoms with Gasteiger partial charge in [0.05, 0.1) is 15.6 Å². The molecule has 0 aliphatic heterocycles. The molecule has 144 valence electrons. The number of nitrogens with one attached hydrogen (secondary N) is 1. The van der Waals surface area contributed by atoms with Crippen LogP contribution in [-0.4, -0.2) is 19.7 Å². The van der Waals surface area contributed by atoms with Crippen LogP contribution in [0, 0.1) is 34.0 Å². The second kappa shape index (κ2) is 7.41. The van der Waals surface area contributed by atoms with E-state index in [0.29, 0.717) is 12.1 Å². The fraction of sp³-hybridized carbons (Fsp3) is 0.0625. The van der Waals surface area contributed by atoms with Crippen molar-refractivity contribution >= 4 is 39.1 Å². The number of benzene rings is 1. The lowest BCUT2D eigenvalue weighted by atomic mass is 10.2. The second-order valence-electron chi connectivity index (χ2n) is 5.36. The van der Waals surface area contributed by atoms with Crippen molar-refractivity contribution in [1.82, 2.24) is 19.7 Å². The summed E-state index contributed by atoms with van der Waals surface area (Å²) in [6.07, 6.45) is -4.66. The molecule has 0 saturated carbocycles. The van der Waals surface area contributed by atoms with Gasteiger partial charge in [0.1, 0.15) is 39.8 Å². The van der Waals surface area contributed by atoms with E-state index >= 15 is 0 Å². The summed E-state index contributed by atoms with van der Waals surface area (Å²) in [6.45, 7) is 0. The zero-order valence-electron chi connectivity index (χ0n) is 13.6. The Kier molecular flexibility index (Phi) is 5.29. The van der Waals surface area contributed by atoms with Crippen molar-refractivity contribution in [3.05, 3.63) is 49.3 Å². The molecular formula is C16H3BrCl2F3N7. The lowest BCUT2D eigenvalue weighted by Gasteiger charge is -2.13. The van der Waals surface area contributed by atoms with Crippen molar-refractivity contribution in [2.45, 2.75) is 6.18 Å². The number of halogens is 6. The molecule has 2 aromatic heterocycles. The van der Waals surface area contributed by atoms with Crippen molar-refractivity contribution in [3.8, 4) is 35.4 Å². The van der Waals surface area contributed by atoms with Gasteiger partial charge >= 0.3 is 6.18 Å². The Morgan fingerprint density at radius 3 is 2.14 bits per heavy atom. The number of hydrogen-bond acceptors (Lipinski definition) is 5. The smallest absolute Gasteiger partial charge is 0.327 e. The Labute approximate surface area is 178 Å². The van der Waals surface area contributed by atoms with Crippen LogP contribution in [0.3, 0.4) is 0 Å². The second-order valence-corrected chi connectivity index (χ2v) is 6.92. The zero-order valence-corrected chi connectivity index (χ0v) is 16.7. The van der Waals surface area contributed by atoms with Crippen LogP contribution in [0.2, 0.25) is 10.0 Å². The number of alkyl halides is 3. The summed E-state index contributed by atoms with van der Waals surface area (Å²) in [6, 6.07) is 6.70. The van der Waals surface area contributed by atoms with Gasteiger partial charge in [0.15, 0.2) is 17.2 Å². The van der Waals surface area contributed by atoms with Crippen LogP contribution in [-0.2, 0) is 6.18 Å². The van der Waals surface area contributed by atoms with E-state index in [9.17, 15) is 18.4 Å². The maximum atomic E-state index is 13.0. The van der Waals surface area contributed by atoms with E-state index in [4.69, 9.17) is 33.7 Å². The third-order valence-electron chi connectivity index (χ3n) is 3.64. The summed E-state index contributed by atoms with van der Waals surface area (Å²) >= 11 is 15.2. The monoisotopic (exact) mass is 499 g/mol. The average Bonchev–Trinajstić information content (AvgIpc) is 3.21. The van der Waals surface area contributed by atoms with Crippen LogP contribution in [0.1, 0.15) is 22.5 Å². The average molecular weight is 501 g/mol. The Morgan fingerprint density at radius 2 is 1.69 bits per heavy atom. The molecule has 0 spiro atoms. The van der Waals surface area contributed by atoms with Gasteiger partial charge in [-0.2, -0.15) is 34.1 Å². The van der Waals surface area contributed by atoms with Crippen LogP contribution < -0.4 is 0 Å². The summed E-state index contributed by atoms with van der Waals surface area (Å²) in [5.74, 6) is -0.0618. The summed E-state index contributed by atoms with van der Waals surface area (Å²) in [4.78, 5) is 6.48. The molecule has 2 heterocycles. The number of imidazole rings is 1. The molecule has 0 bridgehead atoms. The minimum absolute atomic E-state index is 0.0342. The molecule has 0 fully saturated rings. The highest BCUT2D eigenvalue weighted by atomic mass is 79.9. The topological polar surface area (TPSA) is 118 Å². The number of hydrogen-bond donors (Lipinski definition) is 1. The summed E-state index contributed by atoms with van der Waals surface area (Å²) in [5.41, 5.74) is -1.64. The Balaban J connectivity index is 2.25. The van der Waals surface area contributed by atoms with E-state index < -0.39 is 11.7 Å². The first kappa shape index (κ1) is 20.7. The predicted molar refractivity (Wildman–Crippen MR) is 98.0 cm³/mol. The highest BCUT2D eigenvalue weighted by Crippen LogP contribution is 2.39. The Morgan fingerprint density at radius 1 is 1.07 bits per heavy atom. The van der Waals surface area contributed by atoms with Crippen LogP contribution in [0.4, 0.5) is 13.2 Å². The van der Waals surface area contributed by atoms with Gasteiger partial charge in [-0.3, -0.25) is 0 Å². The Hall–Kier alpha value is -3.04.